The molecule has 0 unspecified atom stereocenters. The molecule has 3 heteroatoms. The number of aromatic nitrogens is 1. The number of carbonyl (C=O) groups is 1. The summed E-state index contributed by atoms with van der Waals surface area (Å²) < 4.78 is 0. The Morgan fingerprint density at radius 3 is 2.87 bits per heavy atom. The van der Waals surface area contributed by atoms with Crippen LogP contribution >= 0.6 is 11.3 Å². The highest BCUT2D eigenvalue weighted by molar-refractivity contribution is 7.14. The van der Waals surface area contributed by atoms with E-state index in [-0.39, 0.29) is 0 Å². The number of rotatable bonds is 2. The number of allylic oxidation sites excluding steroid dienone is 2. The molecule has 0 amide bonds. The predicted octanol–water partition coefficient (Wildman–Crippen LogP) is 3.55. The molecule has 0 spiro atoms. The van der Waals surface area contributed by atoms with E-state index in [9.17, 15) is 4.79 Å². The van der Waals surface area contributed by atoms with Crippen LogP contribution in [0, 0.1) is 5.41 Å². The molecular formula is C12H15NOS. The van der Waals surface area contributed by atoms with Gasteiger partial charge in [-0.1, -0.05) is 19.9 Å². The largest absolute Gasteiger partial charge is 0.297 e. The number of nitrogens with zero attached hydrogens (tertiary/aromatic N) is 1. The molecule has 0 bridgehead atoms. The third kappa shape index (κ3) is 2.34. The molecular weight excluding hydrogens is 206 g/mol. The maximum absolute atomic E-state index is 10.6. The summed E-state index contributed by atoms with van der Waals surface area (Å²) in [4.78, 5) is 15.6. The fraction of sp³-hybridized carbons (Fsp3) is 0.500. The standard InChI is InChI=1S/C12H15NOS/c1-12(2)5-3-9(4-6-12)11-13-7-10(8-14)15-11/h3,7-8H,4-6H2,1-2H3. The molecule has 0 atom stereocenters. The van der Waals surface area contributed by atoms with Crippen LogP contribution in [-0.4, -0.2) is 11.3 Å². The van der Waals surface area contributed by atoms with Crippen LogP contribution < -0.4 is 0 Å². The van der Waals surface area contributed by atoms with Crippen molar-refractivity contribution in [1.82, 2.24) is 4.98 Å². The van der Waals surface area contributed by atoms with Crippen LogP contribution in [0.4, 0.5) is 0 Å². The quantitative estimate of drug-likeness (QED) is 0.715. The number of hydrogen-bond acceptors (Lipinski definition) is 3. The van der Waals surface area contributed by atoms with E-state index < -0.39 is 0 Å². The molecule has 2 rings (SSSR count). The van der Waals surface area contributed by atoms with Gasteiger partial charge in [0.1, 0.15) is 5.01 Å². The van der Waals surface area contributed by atoms with Crippen LogP contribution in [0.2, 0.25) is 0 Å². The van der Waals surface area contributed by atoms with Crippen molar-refractivity contribution in [2.45, 2.75) is 33.1 Å². The fourth-order valence-corrected chi connectivity index (χ4v) is 2.56. The second kappa shape index (κ2) is 3.89. The first-order valence-electron chi connectivity index (χ1n) is 5.21. The highest BCUT2D eigenvalue weighted by Crippen LogP contribution is 2.38. The van der Waals surface area contributed by atoms with Crippen LogP contribution in [0.3, 0.4) is 0 Å². The first-order valence-corrected chi connectivity index (χ1v) is 6.03. The average Bonchev–Trinajstić information content (AvgIpc) is 2.66. The lowest BCUT2D eigenvalue weighted by atomic mass is 9.78. The van der Waals surface area contributed by atoms with Gasteiger partial charge in [0.2, 0.25) is 0 Å². The topological polar surface area (TPSA) is 30.0 Å². The van der Waals surface area contributed by atoms with Crippen LogP contribution in [0.1, 0.15) is 47.8 Å². The van der Waals surface area contributed by atoms with Gasteiger partial charge >= 0.3 is 0 Å². The SMILES string of the molecule is CC1(C)CC=C(c2ncc(C=O)s2)CC1. The molecule has 0 N–H and O–H groups in total. The Hall–Kier alpha value is -0.960. The van der Waals surface area contributed by atoms with Crippen molar-refractivity contribution in [2.75, 3.05) is 0 Å². The molecule has 80 valence electrons. The normalized spacial score (nSPS) is 19.7. The summed E-state index contributed by atoms with van der Waals surface area (Å²) in [6, 6.07) is 0. The Kier molecular flexibility index (Phi) is 2.74. The molecule has 0 saturated heterocycles. The van der Waals surface area contributed by atoms with Gasteiger partial charge in [0, 0.05) is 6.20 Å². The minimum absolute atomic E-state index is 0.425. The minimum atomic E-state index is 0.425. The van der Waals surface area contributed by atoms with E-state index >= 15 is 0 Å². The van der Waals surface area contributed by atoms with E-state index in [1.807, 2.05) is 0 Å². The third-order valence-electron chi connectivity index (χ3n) is 2.89. The summed E-state index contributed by atoms with van der Waals surface area (Å²) in [6.07, 6.45) is 8.20. The van der Waals surface area contributed by atoms with Gasteiger partial charge in [-0.3, -0.25) is 4.79 Å². The van der Waals surface area contributed by atoms with Gasteiger partial charge in [-0.05, 0) is 30.3 Å². The lowest BCUT2D eigenvalue weighted by Crippen LogP contribution is -2.13. The highest BCUT2D eigenvalue weighted by Gasteiger charge is 2.22. The summed E-state index contributed by atoms with van der Waals surface area (Å²) in [7, 11) is 0. The average molecular weight is 221 g/mol. The van der Waals surface area contributed by atoms with Crippen molar-refractivity contribution in [3.8, 4) is 0 Å². The Balaban J connectivity index is 2.19. The fourth-order valence-electron chi connectivity index (χ4n) is 1.76. The Labute approximate surface area is 94.0 Å². The van der Waals surface area contributed by atoms with Crippen molar-refractivity contribution in [2.24, 2.45) is 5.41 Å². The van der Waals surface area contributed by atoms with Crippen molar-refractivity contribution in [1.29, 1.82) is 0 Å². The highest BCUT2D eigenvalue weighted by atomic mass is 32.1. The Morgan fingerprint density at radius 2 is 2.33 bits per heavy atom. The summed E-state index contributed by atoms with van der Waals surface area (Å²) in [5, 5.41) is 1.02. The van der Waals surface area contributed by atoms with Crippen LogP contribution in [0.25, 0.3) is 5.57 Å². The molecule has 0 aromatic carbocycles. The molecule has 1 heterocycles. The molecule has 15 heavy (non-hydrogen) atoms. The van der Waals surface area contributed by atoms with Gasteiger partial charge in [0.05, 0.1) is 4.88 Å². The molecule has 0 fully saturated rings. The van der Waals surface area contributed by atoms with E-state index in [1.54, 1.807) is 6.20 Å². The van der Waals surface area contributed by atoms with Crippen molar-refractivity contribution < 1.29 is 4.79 Å². The molecule has 0 aliphatic heterocycles. The zero-order valence-corrected chi connectivity index (χ0v) is 9.93. The Bertz CT molecular complexity index is 404. The number of hydrogen-bond donors (Lipinski definition) is 0. The van der Waals surface area contributed by atoms with Gasteiger partial charge in [0.15, 0.2) is 6.29 Å². The molecule has 1 aliphatic rings. The third-order valence-corrected chi connectivity index (χ3v) is 3.88. The van der Waals surface area contributed by atoms with Gasteiger partial charge in [-0.15, -0.1) is 11.3 Å². The molecule has 1 aromatic heterocycles. The van der Waals surface area contributed by atoms with Crippen molar-refractivity contribution in [3.63, 3.8) is 0 Å². The van der Waals surface area contributed by atoms with Gasteiger partial charge < -0.3 is 0 Å². The maximum Gasteiger partial charge on any atom is 0.161 e. The van der Waals surface area contributed by atoms with E-state index in [0.29, 0.717) is 5.41 Å². The maximum atomic E-state index is 10.6. The van der Waals surface area contributed by atoms with Gasteiger partial charge in [-0.2, -0.15) is 0 Å². The zero-order chi connectivity index (χ0) is 10.9. The molecule has 0 saturated carbocycles. The van der Waals surface area contributed by atoms with E-state index in [2.05, 4.69) is 24.9 Å². The number of aldehydes is 1. The summed E-state index contributed by atoms with van der Waals surface area (Å²) in [5.41, 5.74) is 1.74. The van der Waals surface area contributed by atoms with Crippen LogP contribution in [0.15, 0.2) is 12.3 Å². The first-order chi connectivity index (χ1) is 7.11. The second-order valence-electron chi connectivity index (χ2n) is 4.78. The molecule has 1 aromatic rings. The van der Waals surface area contributed by atoms with Crippen LogP contribution in [-0.2, 0) is 0 Å². The summed E-state index contributed by atoms with van der Waals surface area (Å²) >= 11 is 1.49. The van der Waals surface area contributed by atoms with Crippen molar-refractivity contribution >= 4 is 23.2 Å². The van der Waals surface area contributed by atoms with E-state index in [4.69, 9.17) is 0 Å². The Morgan fingerprint density at radius 1 is 1.53 bits per heavy atom. The summed E-state index contributed by atoms with van der Waals surface area (Å²) in [6.45, 7) is 4.58. The smallest absolute Gasteiger partial charge is 0.161 e. The lowest BCUT2D eigenvalue weighted by molar-refractivity contribution is 0.112. The van der Waals surface area contributed by atoms with Crippen LogP contribution in [0.5, 0.6) is 0 Å². The second-order valence-corrected chi connectivity index (χ2v) is 5.85. The molecule has 1 aliphatic carbocycles. The van der Waals surface area contributed by atoms with Crippen molar-refractivity contribution in [3.05, 3.63) is 22.2 Å². The monoisotopic (exact) mass is 221 g/mol. The number of thiazole rings is 1. The van der Waals surface area contributed by atoms with E-state index in [1.165, 1.54) is 23.3 Å². The summed E-state index contributed by atoms with van der Waals surface area (Å²) in [5.74, 6) is 0. The van der Waals surface area contributed by atoms with Gasteiger partial charge in [0.25, 0.3) is 0 Å². The number of carbonyl (C=O) groups excluding carboxylic acids is 1. The zero-order valence-electron chi connectivity index (χ0n) is 9.12. The predicted molar refractivity (Wildman–Crippen MR) is 63.1 cm³/mol. The minimum Gasteiger partial charge on any atom is -0.297 e. The van der Waals surface area contributed by atoms with Gasteiger partial charge in [-0.25, -0.2) is 4.98 Å². The van der Waals surface area contributed by atoms with E-state index in [0.717, 1.165) is 29.0 Å². The lowest BCUT2D eigenvalue weighted by Gasteiger charge is -2.27. The molecule has 0 radical (unpaired) electrons. The molecule has 2 nitrogen and oxygen atoms in total. The first kappa shape index (κ1) is 10.6.